The lowest BCUT2D eigenvalue weighted by Crippen LogP contribution is -2.45. The van der Waals surface area contributed by atoms with Crippen LogP contribution in [0.1, 0.15) is 24.2 Å². The van der Waals surface area contributed by atoms with Gasteiger partial charge in [-0.05, 0) is 31.0 Å². The third-order valence-electron chi connectivity index (χ3n) is 5.04. The Kier molecular flexibility index (Phi) is 7.54. The Labute approximate surface area is 176 Å². The largest absolute Gasteiger partial charge is 0.371 e. The van der Waals surface area contributed by atoms with Crippen molar-refractivity contribution in [3.05, 3.63) is 59.4 Å². The topological polar surface area (TPSA) is 67.9 Å². The van der Waals surface area contributed by atoms with Crippen LogP contribution in [-0.4, -0.2) is 56.2 Å². The van der Waals surface area contributed by atoms with E-state index in [-0.39, 0.29) is 18.3 Å². The van der Waals surface area contributed by atoms with Gasteiger partial charge in [-0.15, -0.1) is 0 Å². The van der Waals surface area contributed by atoms with E-state index in [0.717, 1.165) is 17.5 Å². The molecule has 0 aliphatic carbocycles. The number of aryl methyl sites for hydroxylation is 1. The Morgan fingerprint density at radius 2 is 2.17 bits per heavy atom. The Bertz CT molecular complexity index is 889. The monoisotopic (exact) mass is 414 g/mol. The second-order valence-electron chi connectivity index (χ2n) is 7.27. The molecule has 0 aromatic heterocycles. The summed E-state index contributed by atoms with van der Waals surface area (Å²) < 4.78 is 26.9. The summed E-state index contributed by atoms with van der Waals surface area (Å²) >= 11 is 0. The van der Waals surface area contributed by atoms with E-state index in [1.54, 1.807) is 17.0 Å². The first kappa shape index (κ1) is 21.9. The molecule has 2 atom stereocenters. The molecule has 7 heteroatoms. The Balaban J connectivity index is 2.01. The van der Waals surface area contributed by atoms with Crippen molar-refractivity contribution in [2.24, 2.45) is 0 Å². The molecule has 1 N–H and O–H groups in total. The minimum atomic E-state index is -0.721. The van der Waals surface area contributed by atoms with Gasteiger partial charge in [-0.2, -0.15) is 0 Å². The zero-order valence-corrected chi connectivity index (χ0v) is 17.3. The molecule has 2 amide bonds. The highest BCUT2D eigenvalue weighted by molar-refractivity contribution is 5.77. The number of carbonyl (C=O) groups excluding carboxylic acids is 2. The van der Waals surface area contributed by atoms with Crippen molar-refractivity contribution >= 4 is 12.3 Å². The van der Waals surface area contributed by atoms with Crippen LogP contribution in [0.4, 0.5) is 4.39 Å². The van der Waals surface area contributed by atoms with Crippen LogP contribution in [0.5, 0.6) is 0 Å². The molecule has 160 valence electrons. The summed E-state index contributed by atoms with van der Waals surface area (Å²) in [5, 5.41) is 2.69. The van der Waals surface area contributed by atoms with Gasteiger partial charge in [0.15, 0.2) is 0 Å². The number of hydrogen-bond donors (Lipinski definition) is 1. The summed E-state index contributed by atoms with van der Waals surface area (Å²) in [7, 11) is 0. The predicted molar refractivity (Wildman–Crippen MR) is 111 cm³/mol. The molecule has 1 aliphatic heterocycles. The summed E-state index contributed by atoms with van der Waals surface area (Å²) in [6.07, 6.45) is -0.478. The van der Waals surface area contributed by atoms with Crippen molar-refractivity contribution in [3.8, 4) is 11.1 Å². The molecule has 3 rings (SSSR count). The lowest BCUT2D eigenvalue weighted by molar-refractivity contribution is -0.145. The molecule has 2 aromatic carbocycles. The van der Waals surface area contributed by atoms with Gasteiger partial charge in [-0.3, -0.25) is 9.59 Å². The van der Waals surface area contributed by atoms with E-state index in [4.69, 9.17) is 9.47 Å². The van der Waals surface area contributed by atoms with Crippen LogP contribution in [0.3, 0.4) is 0 Å². The minimum absolute atomic E-state index is 0.191. The SMILES string of the molecule is CCNC(=O)COC(c1cccc(F)c1-c1cccc(C)c1)C1CN(C=O)CCO1. The quantitative estimate of drug-likeness (QED) is 0.675. The van der Waals surface area contributed by atoms with E-state index in [0.29, 0.717) is 37.4 Å². The number of halogens is 1. The van der Waals surface area contributed by atoms with Gasteiger partial charge >= 0.3 is 0 Å². The fraction of sp³-hybridized carbons (Fsp3) is 0.391. The van der Waals surface area contributed by atoms with E-state index in [9.17, 15) is 9.59 Å². The second kappa shape index (κ2) is 10.3. The summed E-state index contributed by atoms with van der Waals surface area (Å²) in [6.45, 7) is 5.19. The molecule has 0 spiro atoms. The molecular weight excluding hydrogens is 387 g/mol. The van der Waals surface area contributed by atoms with Crippen LogP contribution >= 0.6 is 0 Å². The summed E-state index contributed by atoms with van der Waals surface area (Å²) in [6, 6.07) is 12.4. The highest BCUT2D eigenvalue weighted by Gasteiger charge is 2.32. The number of amides is 2. The van der Waals surface area contributed by atoms with Crippen LogP contribution in [0.25, 0.3) is 11.1 Å². The molecule has 1 heterocycles. The first-order valence-corrected chi connectivity index (χ1v) is 10.1. The number of hydrogen-bond acceptors (Lipinski definition) is 4. The van der Waals surface area contributed by atoms with Gasteiger partial charge in [-0.25, -0.2) is 4.39 Å². The lowest BCUT2D eigenvalue weighted by Gasteiger charge is -2.36. The first-order valence-electron chi connectivity index (χ1n) is 10.1. The van der Waals surface area contributed by atoms with Gasteiger partial charge < -0.3 is 19.7 Å². The van der Waals surface area contributed by atoms with Crippen molar-refractivity contribution in [1.29, 1.82) is 0 Å². The van der Waals surface area contributed by atoms with E-state index in [1.807, 2.05) is 38.1 Å². The molecule has 1 aliphatic rings. The minimum Gasteiger partial charge on any atom is -0.371 e. The molecule has 6 nitrogen and oxygen atoms in total. The highest BCUT2D eigenvalue weighted by Crippen LogP contribution is 2.36. The van der Waals surface area contributed by atoms with Crippen LogP contribution in [-0.2, 0) is 19.1 Å². The highest BCUT2D eigenvalue weighted by atomic mass is 19.1. The smallest absolute Gasteiger partial charge is 0.246 e. The number of carbonyl (C=O) groups is 2. The Hall–Kier alpha value is -2.77. The maximum atomic E-state index is 15.0. The third-order valence-corrected chi connectivity index (χ3v) is 5.04. The van der Waals surface area contributed by atoms with E-state index < -0.39 is 12.2 Å². The number of ether oxygens (including phenoxy) is 2. The zero-order valence-electron chi connectivity index (χ0n) is 17.3. The molecule has 30 heavy (non-hydrogen) atoms. The van der Waals surface area contributed by atoms with Crippen molar-refractivity contribution in [1.82, 2.24) is 10.2 Å². The molecule has 0 bridgehead atoms. The average molecular weight is 414 g/mol. The van der Waals surface area contributed by atoms with Crippen molar-refractivity contribution < 1.29 is 23.5 Å². The van der Waals surface area contributed by atoms with Crippen LogP contribution in [0.15, 0.2) is 42.5 Å². The fourth-order valence-electron chi connectivity index (χ4n) is 3.67. The number of rotatable bonds is 8. The van der Waals surface area contributed by atoms with E-state index in [1.165, 1.54) is 6.07 Å². The number of benzene rings is 2. The number of nitrogens with zero attached hydrogens (tertiary/aromatic N) is 1. The fourth-order valence-corrected chi connectivity index (χ4v) is 3.67. The second-order valence-corrected chi connectivity index (χ2v) is 7.27. The molecule has 0 radical (unpaired) electrons. The standard InChI is InChI=1S/C23H27FN2O4/c1-3-25-21(28)14-30-23(20-13-26(15-27)10-11-29-20)18-8-5-9-19(24)22(18)17-7-4-6-16(2)12-17/h4-9,12,15,20,23H,3,10-11,13-14H2,1-2H3,(H,25,28). The molecule has 0 saturated carbocycles. The van der Waals surface area contributed by atoms with Gasteiger partial charge in [-0.1, -0.05) is 42.0 Å². The van der Waals surface area contributed by atoms with Gasteiger partial charge in [0.1, 0.15) is 24.6 Å². The summed E-state index contributed by atoms with van der Waals surface area (Å²) in [5.41, 5.74) is 2.72. The number of nitrogens with one attached hydrogen (secondary N) is 1. The molecule has 1 fully saturated rings. The Morgan fingerprint density at radius 1 is 1.37 bits per heavy atom. The third kappa shape index (κ3) is 5.23. The zero-order chi connectivity index (χ0) is 21.5. The van der Waals surface area contributed by atoms with Gasteiger partial charge in [0.25, 0.3) is 0 Å². The Morgan fingerprint density at radius 3 is 2.90 bits per heavy atom. The van der Waals surface area contributed by atoms with E-state index >= 15 is 4.39 Å². The molecule has 1 saturated heterocycles. The van der Waals surface area contributed by atoms with E-state index in [2.05, 4.69) is 5.32 Å². The molecule has 2 unspecified atom stereocenters. The molecular formula is C23H27FN2O4. The van der Waals surface area contributed by atoms with Crippen molar-refractivity contribution in [3.63, 3.8) is 0 Å². The maximum absolute atomic E-state index is 15.0. The van der Waals surface area contributed by atoms with Crippen LogP contribution in [0, 0.1) is 12.7 Å². The van der Waals surface area contributed by atoms with Crippen molar-refractivity contribution in [2.45, 2.75) is 26.1 Å². The van der Waals surface area contributed by atoms with Crippen molar-refractivity contribution in [2.75, 3.05) is 32.8 Å². The van der Waals surface area contributed by atoms with Crippen LogP contribution in [0.2, 0.25) is 0 Å². The molecule has 2 aromatic rings. The summed E-state index contributed by atoms with van der Waals surface area (Å²) in [4.78, 5) is 24.9. The number of morpholine rings is 1. The number of likely N-dealkylation sites (N-methyl/N-ethyl adjacent to an activating group) is 1. The normalized spacial score (nSPS) is 17.4. The van der Waals surface area contributed by atoms with Gasteiger partial charge in [0, 0.05) is 25.2 Å². The first-order chi connectivity index (χ1) is 14.5. The lowest BCUT2D eigenvalue weighted by atomic mass is 9.92. The maximum Gasteiger partial charge on any atom is 0.246 e. The predicted octanol–water partition coefficient (Wildman–Crippen LogP) is 2.85. The summed E-state index contributed by atoms with van der Waals surface area (Å²) in [5.74, 6) is -0.646. The average Bonchev–Trinajstić information content (AvgIpc) is 2.74. The van der Waals surface area contributed by atoms with Crippen LogP contribution < -0.4 is 5.32 Å². The van der Waals surface area contributed by atoms with Gasteiger partial charge in [0.05, 0.1) is 6.61 Å². The van der Waals surface area contributed by atoms with Gasteiger partial charge in [0.2, 0.25) is 12.3 Å².